The number of benzene rings is 8. The summed E-state index contributed by atoms with van der Waals surface area (Å²) in [5, 5.41) is 4.65. The summed E-state index contributed by atoms with van der Waals surface area (Å²) in [5.41, 5.74) is 15.3. The van der Waals surface area contributed by atoms with Crippen molar-refractivity contribution in [2.24, 2.45) is 0 Å². The van der Waals surface area contributed by atoms with E-state index in [2.05, 4.69) is 201 Å². The molecule has 0 radical (unpaired) electrons. The predicted octanol–water partition coefficient (Wildman–Crippen LogP) is 15.1. The third-order valence-electron chi connectivity index (χ3n) is 13.8. The minimum absolute atomic E-state index is 0.0589. The fourth-order valence-corrected chi connectivity index (χ4v) is 10.5. The molecular weight excluding hydrogens is 779 g/mol. The van der Waals surface area contributed by atoms with Crippen molar-refractivity contribution in [2.45, 2.75) is 51.4 Å². The Labute approximate surface area is 373 Å². The molecule has 11 aromatic rings. The van der Waals surface area contributed by atoms with Gasteiger partial charge in [0.05, 0.1) is 22.1 Å². The Bertz CT molecular complexity index is 3590. The van der Waals surface area contributed by atoms with Gasteiger partial charge in [-0.1, -0.05) is 191 Å². The van der Waals surface area contributed by atoms with Crippen LogP contribution in [0.25, 0.3) is 100 Å². The highest BCUT2D eigenvalue weighted by Gasteiger charge is 2.38. The summed E-state index contributed by atoms with van der Waals surface area (Å²) in [7, 11) is 0. The van der Waals surface area contributed by atoms with Crippen molar-refractivity contribution in [2.75, 3.05) is 0 Å². The van der Waals surface area contributed by atoms with Crippen molar-refractivity contribution in [3.05, 3.63) is 199 Å². The van der Waals surface area contributed by atoms with E-state index < -0.39 is 0 Å². The van der Waals surface area contributed by atoms with Gasteiger partial charge in [0.2, 0.25) is 5.95 Å². The highest BCUT2D eigenvalue weighted by Crippen LogP contribution is 2.50. The quantitative estimate of drug-likeness (QED) is 0.168. The first kappa shape index (κ1) is 38.1. The summed E-state index contributed by atoms with van der Waals surface area (Å²) in [6.07, 6.45) is 2.33. The van der Waals surface area contributed by atoms with Gasteiger partial charge in [0, 0.05) is 38.4 Å². The van der Waals surface area contributed by atoms with Crippen LogP contribution >= 0.6 is 0 Å². The lowest BCUT2D eigenvalue weighted by Gasteiger charge is -2.43. The van der Waals surface area contributed by atoms with Gasteiger partial charge in [-0.2, -0.15) is 9.97 Å². The average Bonchev–Trinajstić information content (AvgIpc) is 3.87. The standard InChI is InChI=1S/C59H47N5/c1-58(2)35-36-59(3,4)52-44(25-16-26-49(52)58)42-21-15-22-43(37-42)63-50-27-13-11-23-45(50)47-33-34-48-46-24-12-14-28-51(46)64(54(48)53(47)63)57-61-55(40-19-9-6-10-20-40)60-56(62-57)41-31-29-39(30-32-41)38-17-7-5-8-18-38/h5-34,37H,35-36H2,1-4H3. The van der Waals surface area contributed by atoms with Gasteiger partial charge in [-0.25, -0.2) is 4.98 Å². The van der Waals surface area contributed by atoms with E-state index in [4.69, 9.17) is 15.0 Å². The Balaban J connectivity index is 1.14. The molecule has 3 heterocycles. The zero-order valence-electron chi connectivity index (χ0n) is 36.5. The molecule has 0 aliphatic heterocycles. The lowest BCUT2D eigenvalue weighted by Crippen LogP contribution is -2.34. The SMILES string of the molecule is CC1(C)CCC(C)(C)c2c(-c3cccc(-n4c5ccccc5c5ccc6c7ccccc7n(-c7nc(-c8ccccc8)nc(-c8ccc(-c9ccccc9)cc8)n7)c6c54)c3)cccc21. The minimum Gasteiger partial charge on any atom is -0.307 e. The first-order valence-electron chi connectivity index (χ1n) is 22.4. The van der Waals surface area contributed by atoms with Crippen molar-refractivity contribution < 1.29 is 0 Å². The summed E-state index contributed by atoms with van der Waals surface area (Å²) in [6, 6.07) is 67.5. The van der Waals surface area contributed by atoms with Crippen LogP contribution in [0.3, 0.4) is 0 Å². The van der Waals surface area contributed by atoms with Gasteiger partial charge in [-0.15, -0.1) is 0 Å². The summed E-state index contributed by atoms with van der Waals surface area (Å²) < 4.78 is 4.75. The zero-order chi connectivity index (χ0) is 43.2. The molecule has 0 spiro atoms. The maximum absolute atomic E-state index is 5.39. The monoisotopic (exact) mass is 825 g/mol. The smallest absolute Gasteiger partial charge is 0.238 e. The molecular formula is C59H47N5. The molecule has 0 fully saturated rings. The van der Waals surface area contributed by atoms with Crippen LogP contribution in [0.5, 0.6) is 0 Å². The third kappa shape index (κ3) is 6.02. The number of aromatic nitrogens is 5. The molecule has 1 aliphatic rings. The molecule has 12 rings (SSSR count). The van der Waals surface area contributed by atoms with E-state index in [1.54, 1.807) is 0 Å². The first-order chi connectivity index (χ1) is 31.2. The zero-order valence-corrected chi connectivity index (χ0v) is 36.5. The van der Waals surface area contributed by atoms with E-state index in [0.29, 0.717) is 17.6 Å². The minimum atomic E-state index is 0.0589. The second-order valence-electron chi connectivity index (χ2n) is 18.7. The van der Waals surface area contributed by atoms with Crippen LogP contribution in [-0.4, -0.2) is 24.1 Å². The van der Waals surface area contributed by atoms with Crippen LogP contribution in [0.1, 0.15) is 51.7 Å². The lowest BCUT2D eigenvalue weighted by molar-refractivity contribution is 0.333. The number of hydrogen-bond donors (Lipinski definition) is 0. The van der Waals surface area contributed by atoms with Crippen molar-refractivity contribution in [3.63, 3.8) is 0 Å². The fourth-order valence-electron chi connectivity index (χ4n) is 10.5. The van der Waals surface area contributed by atoms with E-state index in [0.717, 1.165) is 61.6 Å². The van der Waals surface area contributed by atoms with Crippen LogP contribution in [0.2, 0.25) is 0 Å². The second kappa shape index (κ2) is 14.5. The van der Waals surface area contributed by atoms with Crippen LogP contribution in [0.4, 0.5) is 0 Å². The fraction of sp³-hybridized carbons (Fsp3) is 0.136. The Morgan fingerprint density at radius 3 is 1.56 bits per heavy atom. The Morgan fingerprint density at radius 2 is 0.891 bits per heavy atom. The van der Waals surface area contributed by atoms with Crippen molar-refractivity contribution >= 4 is 43.6 Å². The van der Waals surface area contributed by atoms with Crippen LogP contribution < -0.4 is 0 Å². The maximum Gasteiger partial charge on any atom is 0.238 e. The topological polar surface area (TPSA) is 48.5 Å². The van der Waals surface area contributed by atoms with Crippen molar-refractivity contribution in [1.82, 2.24) is 24.1 Å². The Hall–Kier alpha value is -7.63. The van der Waals surface area contributed by atoms with E-state index in [9.17, 15) is 0 Å². The molecule has 8 aromatic carbocycles. The van der Waals surface area contributed by atoms with Gasteiger partial charge in [-0.3, -0.25) is 4.57 Å². The lowest BCUT2D eigenvalue weighted by atomic mass is 9.61. The van der Waals surface area contributed by atoms with Gasteiger partial charge in [0.1, 0.15) is 0 Å². The molecule has 3 aromatic heterocycles. The molecule has 5 heteroatoms. The van der Waals surface area contributed by atoms with Gasteiger partial charge in [0.15, 0.2) is 11.6 Å². The number of hydrogen-bond acceptors (Lipinski definition) is 3. The molecule has 308 valence electrons. The predicted molar refractivity (Wildman–Crippen MR) is 266 cm³/mol. The van der Waals surface area contributed by atoms with Crippen LogP contribution in [0, 0.1) is 0 Å². The van der Waals surface area contributed by atoms with E-state index >= 15 is 0 Å². The molecule has 0 saturated carbocycles. The molecule has 0 bridgehead atoms. The summed E-state index contributed by atoms with van der Waals surface area (Å²) in [6.45, 7) is 9.66. The molecule has 0 unspecified atom stereocenters. The molecule has 5 nitrogen and oxygen atoms in total. The maximum atomic E-state index is 5.39. The van der Waals surface area contributed by atoms with Gasteiger partial charge in [0.25, 0.3) is 0 Å². The first-order valence-corrected chi connectivity index (χ1v) is 22.4. The Kier molecular flexibility index (Phi) is 8.61. The number of fused-ring (bicyclic) bond motifs is 8. The molecule has 0 N–H and O–H groups in total. The highest BCUT2D eigenvalue weighted by molar-refractivity contribution is 6.23. The van der Waals surface area contributed by atoms with E-state index in [1.165, 1.54) is 45.0 Å². The highest BCUT2D eigenvalue weighted by atomic mass is 15.2. The Morgan fingerprint density at radius 1 is 0.391 bits per heavy atom. The number of rotatable bonds is 6. The summed E-state index contributed by atoms with van der Waals surface area (Å²) >= 11 is 0. The molecule has 0 amide bonds. The summed E-state index contributed by atoms with van der Waals surface area (Å²) in [4.78, 5) is 15.9. The largest absolute Gasteiger partial charge is 0.307 e. The van der Waals surface area contributed by atoms with Gasteiger partial charge >= 0.3 is 0 Å². The number of para-hydroxylation sites is 2. The molecule has 1 aliphatic carbocycles. The van der Waals surface area contributed by atoms with Gasteiger partial charge < -0.3 is 4.57 Å². The molecule has 0 atom stereocenters. The molecule has 0 saturated heterocycles. The van der Waals surface area contributed by atoms with Gasteiger partial charge in [-0.05, 0) is 81.3 Å². The third-order valence-corrected chi connectivity index (χ3v) is 13.8. The average molecular weight is 826 g/mol. The van der Waals surface area contributed by atoms with E-state index in [1.807, 2.05) is 24.3 Å². The van der Waals surface area contributed by atoms with E-state index in [-0.39, 0.29) is 10.8 Å². The normalized spacial score (nSPS) is 14.4. The molecule has 64 heavy (non-hydrogen) atoms. The number of nitrogens with zero attached hydrogens (tertiary/aromatic N) is 5. The van der Waals surface area contributed by atoms with Crippen LogP contribution in [0.15, 0.2) is 188 Å². The summed E-state index contributed by atoms with van der Waals surface area (Å²) in [5.74, 6) is 1.81. The van der Waals surface area contributed by atoms with Crippen molar-refractivity contribution in [1.29, 1.82) is 0 Å². The van der Waals surface area contributed by atoms with Crippen LogP contribution in [-0.2, 0) is 10.8 Å². The second-order valence-corrected chi connectivity index (χ2v) is 18.7. The van der Waals surface area contributed by atoms with Crippen molar-refractivity contribution in [3.8, 4) is 56.7 Å².